The summed E-state index contributed by atoms with van der Waals surface area (Å²) in [6, 6.07) is 11.9. The van der Waals surface area contributed by atoms with E-state index in [-0.39, 0.29) is 17.4 Å². The Bertz CT molecular complexity index is 887. The molecule has 2 atom stereocenters. The lowest BCUT2D eigenvalue weighted by Gasteiger charge is -2.10. The highest BCUT2D eigenvalue weighted by molar-refractivity contribution is 6.09. The third kappa shape index (κ3) is 1.78. The van der Waals surface area contributed by atoms with Crippen LogP contribution in [0, 0.1) is 17.1 Å². The molecule has 4 nitrogen and oxygen atoms in total. The molecule has 0 radical (unpaired) electrons. The van der Waals surface area contributed by atoms with E-state index in [1.54, 1.807) is 19.2 Å². The molecule has 4 rings (SSSR count). The van der Waals surface area contributed by atoms with Crippen molar-refractivity contribution in [3.63, 3.8) is 0 Å². The van der Waals surface area contributed by atoms with Gasteiger partial charge in [-0.2, -0.15) is 5.26 Å². The monoisotopic (exact) mass is 308 g/mol. The molecule has 114 valence electrons. The number of anilines is 1. The van der Waals surface area contributed by atoms with Crippen LogP contribution in [0.15, 0.2) is 36.4 Å². The van der Waals surface area contributed by atoms with Crippen molar-refractivity contribution in [1.82, 2.24) is 0 Å². The number of methoxy groups -OCH3 is 1. The zero-order chi connectivity index (χ0) is 16.2. The number of nitriles is 1. The number of nitrogens with zero attached hydrogens (tertiary/aromatic N) is 1. The van der Waals surface area contributed by atoms with Crippen molar-refractivity contribution in [2.24, 2.45) is 0 Å². The molecule has 23 heavy (non-hydrogen) atoms. The average Bonchev–Trinajstić information content (AvgIpc) is 3.25. The van der Waals surface area contributed by atoms with E-state index in [9.17, 15) is 9.18 Å². The number of carbonyl (C=O) groups is 1. The van der Waals surface area contributed by atoms with Crippen molar-refractivity contribution in [2.75, 3.05) is 12.4 Å². The van der Waals surface area contributed by atoms with E-state index in [0.717, 1.165) is 16.8 Å². The van der Waals surface area contributed by atoms with Crippen LogP contribution in [0.4, 0.5) is 10.1 Å². The summed E-state index contributed by atoms with van der Waals surface area (Å²) in [4.78, 5) is 12.5. The number of benzene rings is 2. The lowest BCUT2D eigenvalue weighted by molar-refractivity contribution is -0.118. The lowest BCUT2D eigenvalue weighted by Crippen LogP contribution is -2.21. The minimum Gasteiger partial charge on any atom is -0.497 e. The third-order valence-electron chi connectivity index (χ3n) is 4.84. The van der Waals surface area contributed by atoms with Crippen molar-refractivity contribution in [1.29, 1.82) is 5.26 Å². The largest absolute Gasteiger partial charge is 0.497 e. The molecule has 0 bridgehead atoms. The Morgan fingerprint density at radius 1 is 1.35 bits per heavy atom. The van der Waals surface area contributed by atoms with E-state index in [2.05, 4.69) is 5.32 Å². The molecule has 1 amide bonds. The second kappa shape index (κ2) is 4.56. The number of ether oxygens (including phenoxy) is 1. The van der Waals surface area contributed by atoms with Crippen LogP contribution < -0.4 is 10.1 Å². The standard InChI is InChI=1S/C18H13FN2O2/c1-23-12-4-5-16-13(7-12)18(17(22)21-16)8-14(18)10-2-3-11(9-20)15(19)6-10/h2-7,14H,8H2,1H3,(H,21,22)/t14-,18-/m0/s1. The molecule has 1 heterocycles. The Hall–Kier alpha value is -2.87. The van der Waals surface area contributed by atoms with E-state index in [0.29, 0.717) is 12.2 Å². The minimum absolute atomic E-state index is 0.0152. The molecule has 1 spiro atoms. The fourth-order valence-corrected chi connectivity index (χ4v) is 3.54. The number of hydrogen-bond donors (Lipinski definition) is 1. The maximum atomic E-state index is 13.9. The van der Waals surface area contributed by atoms with Gasteiger partial charge in [0.25, 0.3) is 0 Å². The quantitative estimate of drug-likeness (QED) is 0.927. The molecule has 0 unspecified atom stereocenters. The molecule has 2 aromatic carbocycles. The van der Waals surface area contributed by atoms with Crippen molar-refractivity contribution < 1.29 is 13.9 Å². The van der Waals surface area contributed by atoms with Crippen LogP contribution in [0.3, 0.4) is 0 Å². The molecule has 0 saturated heterocycles. The molecular formula is C18H13FN2O2. The van der Waals surface area contributed by atoms with Crippen molar-refractivity contribution in [3.05, 3.63) is 58.9 Å². The summed E-state index contributed by atoms with van der Waals surface area (Å²) in [5.41, 5.74) is 1.79. The number of rotatable bonds is 2. The summed E-state index contributed by atoms with van der Waals surface area (Å²) < 4.78 is 19.1. The van der Waals surface area contributed by atoms with Gasteiger partial charge in [0.2, 0.25) is 5.91 Å². The topological polar surface area (TPSA) is 62.1 Å². The van der Waals surface area contributed by atoms with Gasteiger partial charge in [-0.15, -0.1) is 0 Å². The number of hydrogen-bond acceptors (Lipinski definition) is 3. The van der Waals surface area contributed by atoms with Crippen LogP contribution in [0.5, 0.6) is 5.75 Å². The number of nitrogens with one attached hydrogen (secondary N) is 1. The molecule has 1 N–H and O–H groups in total. The fraction of sp³-hybridized carbons (Fsp3) is 0.222. The zero-order valence-corrected chi connectivity index (χ0v) is 12.4. The Balaban J connectivity index is 1.77. The maximum absolute atomic E-state index is 13.9. The molecule has 1 fully saturated rings. The molecule has 5 heteroatoms. The third-order valence-corrected chi connectivity index (χ3v) is 4.84. The number of fused-ring (bicyclic) bond motifs is 2. The average molecular weight is 308 g/mol. The highest BCUT2D eigenvalue weighted by Crippen LogP contribution is 2.65. The molecule has 1 saturated carbocycles. The molecule has 1 aliphatic carbocycles. The first-order valence-electron chi connectivity index (χ1n) is 7.29. The van der Waals surface area contributed by atoms with Gasteiger partial charge >= 0.3 is 0 Å². The minimum atomic E-state index is -0.648. The predicted octanol–water partition coefficient (Wildman–Crippen LogP) is 3.08. The van der Waals surface area contributed by atoms with E-state index in [4.69, 9.17) is 10.00 Å². The predicted molar refractivity (Wildman–Crippen MR) is 81.8 cm³/mol. The zero-order valence-electron chi connectivity index (χ0n) is 12.4. The van der Waals surface area contributed by atoms with Gasteiger partial charge in [-0.05, 0) is 47.9 Å². The SMILES string of the molecule is COc1ccc2c(c1)[C@]1(C[C@H]1c1ccc(C#N)c(F)c1)C(=O)N2. The summed E-state index contributed by atoms with van der Waals surface area (Å²) in [6.07, 6.45) is 0.629. The van der Waals surface area contributed by atoms with Crippen LogP contribution in [-0.4, -0.2) is 13.0 Å². The van der Waals surface area contributed by atoms with E-state index >= 15 is 0 Å². The van der Waals surface area contributed by atoms with E-state index in [1.807, 2.05) is 18.2 Å². The van der Waals surface area contributed by atoms with Crippen molar-refractivity contribution in [3.8, 4) is 11.8 Å². The van der Waals surface area contributed by atoms with Crippen LogP contribution in [-0.2, 0) is 10.2 Å². The summed E-state index contributed by atoms with van der Waals surface area (Å²) in [5.74, 6) is 0.00113. The van der Waals surface area contributed by atoms with Crippen LogP contribution in [0.25, 0.3) is 0 Å². The Labute approximate surface area is 132 Å². The van der Waals surface area contributed by atoms with E-state index < -0.39 is 11.2 Å². The second-order valence-electron chi connectivity index (χ2n) is 5.94. The Morgan fingerprint density at radius 3 is 2.87 bits per heavy atom. The smallest absolute Gasteiger partial charge is 0.235 e. The first-order valence-corrected chi connectivity index (χ1v) is 7.29. The molecule has 2 aliphatic rings. The van der Waals surface area contributed by atoms with Crippen molar-refractivity contribution in [2.45, 2.75) is 17.8 Å². The summed E-state index contributed by atoms with van der Waals surface area (Å²) in [5, 5.41) is 11.7. The van der Waals surface area contributed by atoms with Crippen LogP contribution in [0.2, 0.25) is 0 Å². The van der Waals surface area contributed by atoms with Gasteiger partial charge in [-0.3, -0.25) is 4.79 Å². The van der Waals surface area contributed by atoms with Gasteiger partial charge in [-0.25, -0.2) is 4.39 Å². The number of amides is 1. The fourth-order valence-electron chi connectivity index (χ4n) is 3.54. The summed E-state index contributed by atoms with van der Waals surface area (Å²) in [7, 11) is 1.58. The molecule has 1 aliphatic heterocycles. The Kier molecular flexibility index (Phi) is 2.73. The molecule has 2 aromatic rings. The summed E-state index contributed by atoms with van der Waals surface area (Å²) in [6.45, 7) is 0. The maximum Gasteiger partial charge on any atom is 0.235 e. The molecular weight excluding hydrogens is 295 g/mol. The van der Waals surface area contributed by atoms with E-state index in [1.165, 1.54) is 12.1 Å². The number of halogens is 1. The van der Waals surface area contributed by atoms with Crippen LogP contribution >= 0.6 is 0 Å². The van der Waals surface area contributed by atoms with Crippen LogP contribution in [0.1, 0.15) is 29.0 Å². The van der Waals surface area contributed by atoms with Gasteiger partial charge in [-0.1, -0.05) is 6.07 Å². The normalized spacial score (nSPS) is 24.0. The first kappa shape index (κ1) is 13.8. The van der Waals surface area contributed by atoms with Gasteiger partial charge in [0.15, 0.2) is 0 Å². The van der Waals surface area contributed by atoms with Crippen molar-refractivity contribution >= 4 is 11.6 Å². The molecule has 0 aromatic heterocycles. The second-order valence-corrected chi connectivity index (χ2v) is 5.94. The lowest BCUT2D eigenvalue weighted by atomic mass is 9.91. The first-order chi connectivity index (χ1) is 11.1. The highest BCUT2D eigenvalue weighted by Gasteiger charge is 2.65. The number of carbonyl (C=O) groups excluding carboxylic acids is 1. The Morgan fingerprint density at radius 2 is 2.17 bits per heavy atom. The highest BCUT2D eigenvalue weighted by atomic mass is 19.1. The van der Waals surface area contributed by atoms with Gasteiger partial charge < -0.3 is 10.1 Å². The van der Waals surface area contributed by atoms with Gasteiger partial charge in [0.1, 0.15) is 17.6 Å². The van der Waals surface area contributed by atoms with Gasteiger partial charge in [0.05, 0.1) is 18.1 Å². The summed E-state index contributed by atoms with van der Waals surface area (Å²) >= 11 is 0. The van der Waals surface area contributed by atoms with Gasteiger partial charge in [0, 0.05) is 11.6 Å².